The van der Waals surface area contributed by atoms with Crippen LogP contribution in [0.2, 0.25) is 0 Å². The van der Waals surface area contributed by atoms with Crippen LogP contribution in [0.3, 0.4) is 0 Å². The third kappa shape index (κ3) is 4.66. The zero-order chi connectivity index (χ0) is 21.1. The van der Waals surface area contributed by atoms with Crippen LogP contribution in [0.25, 0.3) is 6.08 Å². The van der Waals surface area contributed by atoms with Crippen LogP contribution in [0.15, 0.2) is 70.2 Å². The van der Waals surface area contributed by atoms with Crippen LogP contribution in [-0.2, 0) is 17.9 Å². The smallest absolute Gasteiger partial charge is 0.266 e. The van der Waals surface area contributed by atoms with Gasteiger partial charge in [0, 0.05) is 5.56 Å². The maximum absolute atomic E-state index is 12.9. The van der Waals surface area contributed by atoms with Crippen LogP contribution in [-0.4, -0.2) is 15.1 Å². The van der Waals surface area contributed by atoms with Crippen LogP contribution < -0.4 is 4.74 Å². The molecule has 152 valence electrons. The lowest BCUT2D eigenvalue weighted by molar-refractivity contribution is -0.122. The number of aryl methyl sites for hydroxylation is 2. The second kappa shape index (κ2) is 8.90. The van der Waals surface area contributed by atoms with Gasteiger partial charge in [-0.1, -0.05) is 65.4 Å². The lowest BCUT2D eigenvalue weighted by Gasteiger charge is -2.12. The number of thiocarbonyl (C=S) groups is 1. The minimum Gasteiger partial charge on any atom is -0.488 e. The summed E-state index contributed by atoms with van der Waals surface area (Å²) in [7, 11) is 0. The first-order chi connectivity index (χ1) is 14.5. The van der Waals surface area contributed by atoms with Gasteiger partial charge in [-0.3, -0.25) is 9.69 Å². The molecule has 0 bridgehead atoms. The molecule has 30 heavy (non-hydrogen) atoms. The summed E-state index contributed by atoms with van der Waals surface area (Å²) in [6.45, 7) is 4.87. The predicted octanol–water partition coefficient (Wildman–Crippen LogP) is 5.88. The van der Waals surface area contributed by atoms with Crippen molar-refractivity contribution in [1.29, 1.82) is 0 Å². The highest BCUT2D eigenvalue weighted by Gasteiger charge is 2.32. The summed E-state index contributed by atoms with van der Waals surface area (Å²) in [5.74, 6) is 1.32. The molecule has 0 atom stereocenters. The summed E-state index contributed by atoms with van der Waals surface area (Å²) in [4.78, 5) is 15.1. The number of nitrogens with zero attached hydrogens (tertiary/aromatic N) is 1. The second-order valence-electron chi connectivity index (χ2n) is 7.17. The van der Waals surface area contributed by atoms with Gasteiger partial charge in [-0.2, -0.15) is 0 Å². The molecule has 1 aliphatic heterocycles. The minimum atomic E-state index is -0.118. The van der Waals surface area contributed by atoms with Gasteiger partial charge in [0.1, 0.15) is 22.4 Å². The van der Waals surface area contributed by atoms with Crippen molar-refractivity contribution in [1.82, 2.24) is 4.90 Å². The fourth-order valence-corrected chi connectivity index (χ4v) is 4.46. The van der Waals surface area contributed by atoms with E-state index in [1.54, 1.807) is 17.2 Å². The van der Waals surface area contributed by atoms with Crippen molar-refractivity contribution in [2.75, 3.05) is 0 Å². The van der Waals surface area contributed by atoms with Crippen LogP contribution in [0.4, 0.5) is 0 Å². The Morgan fingerprint density at radius 1 is 1.10 bits per heavy atom. The van der Waals surface area contributed by atoms with Crippen LogP contribution in [0, 0.1) is 13.8 Å². The summed E-state index contributed by atoms with van der Waals surface area (Å²) in [6.07, 6.45) is 3.45. The Labute approximate surface area is 185 Å². The summed E-state index contributed by atoms with van der Waals surface area (Å²) in [6, 6.07) is 17.8. The third-order valence-corrected chi connectivity index (χ3v) is 6.07. The third-order valence-electron chi connectivity index (χ3n) is 4.70. The van der Waals surface area contributed by atoms with Gasteiger partial charge in [-0.25, -0.2) is 0 Å². The van der Waals surface area contributed by atoms with Crippen molar-refractivity contribution in [2.45, 2.75) is 27.0 Å². The normalized spacial score (nSPS) is 15.3. The number of carbonyl (C=O) groups is 1. The molecular weight excluding hydrogens is 414 g/mol. The minimum absolute atomic E-state index is 0.118. The monoisotopic (exact) mass is 435 g/mol. The molecule has 2 aromatic carbocycles. The molecule has 1 amide bonds. The summed E-state index contributed by atoms with van der Waals surface area (Å²) in [5, 5.41) is 0. The van der Waals surface area contributed by atoms with Crippen LogP contribution in [0.5, 0.6) is 5.75 Å². The molecule has 0 saturated carbocycles. The quantitative estimate of drug-likeness (QED) is 0.357. The number of rotatable bonds is 6. The number of thioether (sulfide) groups is 1. The van der Waals surface area contributed by atoms with E-state index in [1.807, 2.05) is 49.4 Å². The molecule has 0 aliphatic carbocycles. The highest BCUT2D eigenvalue weighted by atomic mass is 32.2. The Morgan fingerprint density at radius 2 is 1.93 bits per heavy atom. The van der Waals surface area contributed by atoms with E-state index in [9.17, 15) is 4.79 Å². The molecule has 6 heteroatoms. The van der Waals surface area contributed by atoms with Gasteiger partial charge >= 0.3 is 0 Å². The van der Waals surface area contributed by atoms with Crippen molar-refractivity contribution >= 4 is 40.3 Å². The molecule has 1 aliphatic rings. The van der Waals surface area contributed by atoms with Crippen LogP contribution in [0.1, 0.15) is 28.0 Å². The molecule has 0 spiro atoms. The molecular formula is C24H21NO3S2. The Kier molecular flexibility index (Phi) is 6.06. The topological polar surface area (TPSA) is 42.7 Å². The van der Waals surface area contributed by atoms with Gasteiger partial charge in [-0.05, 0) is 49.8 Å². The average Bonchev–Trinajstić information content (AvgIpc) is 3.32. The molecule has 1 aromatic heterocycles. The first-order valence-electron chi connectivity index (χ1n) is 9.56. The molecule has 4 rings (SSSR count). The second-order valence-corrected chi connectivity index (χ2v) is 8.84. The van der Waals surface area contributed by atoms with Crippen LogP contribution >= 0.6 is 24.0 Å². The van der Waals surface area contributed by atoms with E-state index in [-0.39, 0.29) is 5.91 Å². The van der Waals surface area contributed by atoms with Gasteiger partial charge in [0.2, 0.25) is 0 Å². The Bertz CT molecular complexity index is 1120. The van der Waals surface area contributed by atoms with E-state index in [1.165, 1.54) is 17.3 Å². The molecule has 0 N–H and O–H groups in total. The molecule has 1 saturated heterocycles. The number of carbonyl (C=O) groups excluding carboxylic acids is 1. The lowest BCUT2D eigenvalue weighted by Crippen LogP contribution is -2.27. The zero-order valence-corrected chi connectivity index (χ0v) is 18.4. The van der Waals surface area contributed by atoms with E-state index >= 15 is 0 Å². The zero-order valence-electron chi connectivity index (χ0n) is 16.8. The van der Waals surface area contributed by atoms with Crippen molar-refractivity contribution in [3.63, 3.8) is 0 Å². The number of amides is 1. The van der Waals surface area contributed by atoms with Gasteiger partial charge < -0.3 is 9.15 Å². The van der Waals surface area contributed by atoms with E-state index in [0.29, 0.717) is 28.1 Å². The summed E-state index contributed by atoms with van der Waals surface area (Å²) in [5.41, 5.74) is 4.25. The number of hydrogen-bond donors (Lipinski definition) is 0. The Hall–Kier alpha value is -2.83. The summed E-state index contributed by atoms with van der Waals surface area (Å²) >= 11 is 6.73. The predicted molar refractivity (Wildman–Crippen MR) is 124 cm³/mol. The lowest BCUT2D eigenvalue weighted by atomic mass is 10.1. The molecule has 4 nitrogen and oxygen atoms in total. The van der Waals surface area contributed by atoms with Gasteiger partial charge in [0.25, 0.3) is 5.91 Å². The summed E-state index contributed by atoms with van der Waals surface area (Å²) < 4.78 is 12.0. The van der Waals surface area contributed by atoms with Crippen molar-refractivity contribution in [3.05, 3.63) is 93.8 Å². The fraction of sp³-hybridized carbons (Fsp3) is 0.167. The fourth-order valence-electron chi connectivity index (χ4n) is 3.21. The Balaban J connectivity index is 1.56. The average molecular weight is 436 g/mol. The largest absolute Gasteiger partial charge is 0.488 e. The SMILES string of the molecule is Cc1cccc(COc2ccc(C)cc2C=C2SC(=S)N(Cc3ccco3)C2=O)c1. The maximum atomic E-state index is 12.9. The molecule has 3 aromatic rings. The van der Waals surface area contributed by atoms with Crippen molar-refractivity contribution < 1.29 is 13.9 Å². The molecule has 1 fully saturated rings. The first-order valence-corrected chi connectivity index (χ1v) is 10.8. The highest BCUT2D eigenvalue weighted by Crippen LogP contribution is 2.35. The number of benzene rings is 2. The van der Waals surface area contributed by atoms with Gasteiger partial charge in [0.05, 0.1) is 17.7 Å². The number of hydrogen-bond acceptors (Lipinski definition) is 5. The Morgan fingerprint density at radius 3 is 2.70 bits per heavy atom. The van der Waals surface area contributed by atoms with Gasteiger partial charge in [-0.15, -0.1) is 0 Å². The molecule has 0 unspecified atom stereocenters. The van der Waals surface area contributed by atoms with E-state index in [4.69, 9.17) is 21.4 Å². The van der Waals surface area contributed by atoms with Crippen molar-refractivity contribution in [2.24, 2.45) is 0 Å². The van der Waals surface area contributed by atoms with E-state index < -0.39 is 0 Å². The number of furan rings is 1. The van der Waals surface area contributed by atoms with Gasteiger partial charge in [0.15, 0.2) is 0 Å². The first kappa shape index (κ1) is 20.4. The van der Waals surface area contributed by atoms with E-state index in [0.717, 1.165) is 22.4 Å². The number of ether oxygens (including phenoxy) is 1. The van der Waals surface area contributed by atoms with Crippen molar-refractivity contribution in [3.8, 4) is 5.75 Å². The highest BCUT2D eigenvalue weighted by molar-refractivity contribution is 8.26. The molecule has 2 heterocycles. The molecule has 0 radical (unpaired) electrons. The van der Waals surface area contributed by atoms with E-state index in [2.05, 4.69) is 19.1 Å². The maximum Gasteiger partial charge on any atom is 0.266 e. The standard InChI is InChI=1S/C24H21NO3S2/c1-16-5-3-6-18(11-16)15-28-21-9-8-17(2)12-19(21)13-22-23(26)25(24(29)30-22)14-20-7-4-10-27-20/h3-13H,14-15H2,1-2H3.